The van der Waals surface area contributed by atoms with Crippen LogP contribution >= 0.6 is 0 Å². The zero-order valence-electron chi connectivity index (χ0n) is 24.8. The molecular formula is C34H49N3O4. The maximum Gasteiger partial charge on any atom is 0.186 e. The Morgan fingerprint density at radius 2 is 1.85 bits per heavy atom. The molecule has 7 nitrogen and oxygen atoms in total. The second-order valence-electron chi connectivity index (χ2n) is 12.2. The second kappa shape index (κ2) is 15.9. The van der Waals surface area contributed by atoms with Gasteiger partial charge in [-0.05, 0) is 93.7 Å². The van der Waals surface area contributed by atoms with Crippen LogP contribution in [0.15, 0.2) is 23.2 Å². The first-order valence-corrected chi connectivity index (χ1v) is 15.7. The molecule has 41 heavy (non-hydrogen) atoms. The summed E-state index contributed by atoms with van der Waals surface area (Å²) in [6.45, 7) is 0.550. The molecule has 0 amide bonds. The summed E-state index contributed by atoms with van der Waals surface area (Å²) in [5.41, 5.74) is 13.9. The average molecular weight is 564 g/mol. The first-order valence-electron chi connectivity index (χ1n) is 15.7. The number of phenols is 1. The van der Waals surface area contributed by atoms with Gasteiger partial charge in [0.25, 0.3) is 0 Å². The molecule has 1 aromatic carbocycles. The number of nitrogens with zero attached hydrogens (tertiary/aromatic N) is 1. The minimum Gasteiger partial charge on any atom is -0.504 e. The van der Waals surface area contributed by atoms with Crippen LogP contribution in [0.3, 0.4) is 0 Å². The molecule has 3 aliphatic carbocycles. The summed E-state index contributed by atoms with van der Waals surface area (Å²) in [5.74, 6) is 8.48. The lowest BCUT2D eigenvalue weighted by Gasteiger charge is -2.24. The van der Waals surface area contributed by atoms with E-state index in [0.717, 1.165) is 67.6 Å². The number of hydrogen-bond donors (Lipinski definition) is 3. The van der Waals surface area contributed by atoms with Gasteiger partial charge in [0.1, 0.15) is 0 Å². The Kier molecular flexibility index (Phi) is 12.0. The quantitative estimate of drug-likeness (QED) is 0.129. The monoisotopic (exact) mass is 563 g/mol. The van der Waals surface area contributed by atoms with E-state index in [4.69, 9.17) is 20.9 Å². The molecule has 2 fully saturated rings. The third kappa shape index (κ3) is 9.53. The Balaban J connectivity index is 1.59. The van der Waals surface area contributed by atoms with Gasteiger partial charge in [0.2, 0.25) is 0 Å². The number of allylic oxidation sites excluding steroid dienone is 2. The highest BCUT2D eigenvalue weighted by atomic mass is 16.5. The van der Waals surface area contributed by atoms with Crippen LogP contribution in [0.4, 0.5) is 0 Å². The molecule has 4 rings (SSSR count). The molecule has 224 valence electrons. The van der Waals surface area contributed by atoms with Crippen molar-refractivity contribution in [2.45, 2.75) is 115 Å². The number of rotatable bonds is 12. The SMILES string of the molecule is COC[C@@H]1CC[C@@H](N=C(N)N)CC#Cc2c(CCC(=O)C=CCCC3CCCC3)cc(OC3CCCC3)c(O)c2C1. The van der Waals surface area contributed by atoms with Gasteiger partial charge in [-0.2, -0.15) is 0 Å². The summed E-state index contributed by atoms with van der Waals surface area (Å²) >= 11 is 0. The van der Waals surface area contributed by atoms with Crippen LogP contribution in [0.25, 0.3) is 0 Å². The van der Waals surface area contributed by atoms with E-state index in [9.17, 15) is 9.90 Å². The van der Waals surface area contributed by atoms with Gasteiger partial charge in [0.15, 0.2) is 23.2 Å². The summed E-state index contributed by atoms with van der Waals surface area (Å²) in [6.07, 6.45) is 19.3. The number of aromatic hydroxyl groups is 1. The standard InChI is InChI=1S/C34H49N3O4/c1-40-23-25-17-19-27(37-34(35)36)12-8-16-30-26(18-20-28(38)13-5-4-11-24-9-2-3-10-24)22-32(33(39)31(30)21-25)41-29-14-6-7-15-29/h5,13,22,24-25,27,29,39H,2-4,6-7,9-12,14-15,17-21,23H2,1H3,(H4,35,36,37)/t25-,27+/m1/s1. The van der Waals surface area contributed by atoms with E-state index in [1.54, 1.807) is 13.2 Å². The molecule has 2 atom stereocenters. The number of benzene rings is 1. The van der Waals surface area contributed by atoms with Crippen LogP contribution in [-0.4, -0.2) is 42.7 Å². The van der Waals surface area contributed by atoms with E-state index in [0.29, 0.717) is 38.0 Å². The van der Waals surface area contributed by atoms with Gasteiger partial charge < -0.3 is 26.0 Å². The number of nitrogens with two attached hydrogens (primary N) is 2. The van der Waals surface area contributed by atoms with Gasteiger partial charge in [0, 0.05) is 37.7 Å². The molecule has 5 N–H and O–H groups in total. The molecule has 0 unspecified atom stereocenters. The molecule has 2 saturated carbocycles. The summed E-state index contributed by atoms with van der Waals surface area (Å²) < 4.78 is 11.9. The number of guanidine groups is 1. The molecule has 0 bridgehead atoms. The predicted molar refractivity (Wildman–Crippen MR) is 164 cm³/mol. The minimum atomic E-state index is -0.0913. The van der Waals surface area contributed by atoms with Crippen molar-refractivity contribution in [3.8, 4) is 23.3 Å². The fourth-order valence-corrected chi connectivity index (χ4v) is 6.65. The van der Waals surface area contributed by atoms with Crippen molar-refractivity contribution in [1.82, 2.24) is 0 Å². The first kappa shape index (κ1) is 31.0. The molecule has 0 saturated heterocycles. The zero-order chi connectivity index (χ0) is 29.0. The Hall–Kier alpha value is -2.98. The fourth-order valence-electron chi connectivity index (χ4n) is 6.65. The number of aliphatic imine (C=N–C) groups is 1. The molecule has 7 heteroatoms. The van der Waals surface area contributed by atoms with Gasteiger partial charge in [-0.1, -0.05) is 43.6 Å². The van der Waals surface area contributed by atoms with Gasteiger partial charge in [-0.15, -0.1) is 0 Å². The number of phenolic OH excluding ortho intramolecular Hbond substituents is 1. The summed E-state index contributed by atoms with van der Waals surface area (Å²) in [7, 11) is 1.70. The van der Waals surface area contributed by atoms with Crippen molar-refractivity contribution in [3.05, 3.63) is 34.9 Å². The highest BCUT2D eigenvalue weighted by molar-refractivity contribution is 5.89. The van der Waals surface area contributed by atoms with E-state index in [1.807, 2.05) is 12.1 Å². The predicted octanol–water partition coefficient (Wildman–Crippen LogP) is 5.72. The van der Waals surface area contributed by atoms with E-state index >= 15 is 0 Å². The van der Waals surface area contributed by atoms with E-state index in [-0.39, 0.29) is 35.6 Å². The van der Waals surface area contributed by atoms with Crippen molar-refractivity contribution in [3.63, 3.8) is 0 Å². The molecule has 0 spiro atoms. The number of ether oxygens (including phenoxy) is 2. The molecule has 0 heterocycles. The van der Waals surface area contributed by atoms with Crippen molar-refractivity contribution in [1.29, 1.82) is 0 Å². The highest BCUT2D eigenvalue weighted by Gasteiger charge is 2.26. The van der Waals surface area contributed by atoms with Crippen LogP contribution in [0, 0.1) is 23.7 Å². The van der Waals surface area contributed by atoms with Crippen molar-refractivity contribution >= 4 is 11.7 Å². The van der Waals surface area contributed by atoms with E-state index in [2.05, 4.69) is 16.8 Å². The summed E-state index contributed by atoms with van der Waals surface area (Å²) in [4.78, 5) is 17.3. The fraction of sp³-hybridized carbons (Fsp3) is 0.647. The average Bonchev–Trinajstić information content (AvgIpc) is 3.66. The molecule has 0 aromatic heterocycles. The Morgan fingerprint density at radius 1 is 1.10 bits per heavy atom. The van der Waals surface area contributed by atoms with E-state index < -0.39 is 0 Å². The van der Waals surface area contributed by atoms with Crippen molar-refractivity contribution in [2.24, 2.45) is 28.3 Å². The van der Waals surface area contributed by atoms with Crippen LogP contribution < -0.4 is 16.2 Å². The maximum atomic E-state index is 12.9. The lowest BCUT2D eigenvalue weighted by molar-refractivity contribution is -0.114. The zero-order valence-corrected chi connectivity index (χ0v) is 24.8. The van der Waals surface area contributed by atoms with Crippen LogP contribution in [0.5, 0.6) is 11.5 Å². The largest absolute Gasteiger partial charge is 0.504 e. The summed E-state index contributed by atoms with van der Waals surface area (Å²) in [5, 5.41) is 11.5. The molecule has 0 radical (unpaired) electrons. The van der Waals surface area contributed by atoms with Gasteiger partial charge >= 0.3 is 0 Å². The highest BCUT2D eigenvalue weighted by Crippen LogP contribution is 2.40. The van der Waals surface area contributed by atoms with E-state index in [1.165, 1.54) is 32.1 Å². The Bertz CT molecular complexity index is 1130. The van der Waals surface area contributed by atoms with Crippen LogP contribution in [-0.2, 0) is 22.4 Å². The van der Waals surface area contributed by atoms with Crippen LogP contribution in [0.1, 0.15) is 107 Å². The third-order valence-corrected chi connectivity index (χ3v) is 8.89. The number of ketones is 1. The molecule has 3 aliphatic rings. The van der Waals surface area contributed by atoms with Gasteiger partial charge in [0.05, 0.1) is 12.1 Å². The van der Waals surface area contributed by atoms with Crippen molar-refractivity contribution < 1.29 is 19.4 Å². The second-order valence-corrected chi connectivity index (χ2v) is 12.2. The lowest BCUT2D eigenvalue weighted by Crippen LogP contribution is -2.26. The normalized spacial score (nSPS) is 21.8. The number of aryl methyl sites for hydroxylation is 1. The number of methoxy groups -OCH3 is 1. The maximum absolute atomic E-state index is 12.9. The minimum absolute atomic E-state index is 0.0689. The summed E-state index contributed by atoms with van der Waals surface area (Å²) in [6, 6.07) is 1.83. The van der Waals surface area contributed by atoms with Gasteiger partial charge in [-0.25, -0.2) is 4.99 Å². The van der Waals surface area contributed by atoms with Gasteiger partial charge in [-0.3, -0.25) is 4.79 Å². The number of hydrogen-bond acceptors (Lipinski definition) is 5. The Morgan fingerprint density at radius 3 is 2.59 bits per heavy atom. The third-order valence-electron chi connectivity index (χ3n) is 8.89. The number of carbonyl (C=O) groups excluding carboxylic acids is 1. The number of fused-ring (bicyclic) bond motifs is 1. The molecular weight excluding hydrogens is 514 g/mol. The smallest absolute Gasteiger partial charge is 0.186 e. The number of carbonyl (C=O) groups is 1. The first-order chi connectivity index (χ1) is 19.9. The van der Waals surface area contributed by atoms with Crippen molar-refractivity contribution in [2.75, 3.05) is 13.7 Å². The van der Waals surface area contributed by atoms with Crippen LogP contribution in [0.2, 0.25) is 0 Å². The lowest BCUT2D eigenvalue weighted by atomic mass is 9.86. The topological polar surface area (TPSA) is 120 Å². The molecule has 0 aliphatic heterocycles. The molecule has 1 aromatic rings. The Labute approximate surface area is 246 Å².